The molecule has 0 atom stereocenters. The summed E-state index contributed by atoms with van der Waals surface area (Å²) in [7, 11) is 1.36. The lowest BCUT2D eigenvalue weighted by Crippen LogP contribution is -2.09. The first-order valence-electron chi connectivity index (χ1n) is 8.99. The Bertz CT molecular complexity index is 790. The number of carbonyl (C=O) groups is 2. The monoisotopic (exact) mass is 370 g/mol. The smallest absolute Gasteiger partial charge is 0.337 e. The average Bonchev–Trinajstić information content (AvgIpc) is 2.66. The standard InChI is InChI=1S/C21H26N2O4/c1-4-5-11-27-20-13-19(23-15(2)24)10-9-17(20)14-22-18-8-6-7-16(12-18)21(25)26-3/h6-10,12-13,22H,4-5,11,14H2,1-3H3,(H,23,24). The molecule has 2 aromatic carbocycles. The number of nitrogens with one attached hydrogen (secondary N) is 2. The van der Waals surface area contributed by atoms with E-state index in [9.17, 15) is 9.59 Å². The number of ether oxygens (including phenoxy) is 2. The number of esters is 1. The van der Waals surface area contributed by atoms with E-state index in [4.69, 9.17) is 9.47 Å². The van der Waals surface area contributed by atoms with Crippen molar-refractivity contribution in [1.82, 2.24) is 0 Å². The number of hydrogen-bond acceptors (Lipinski definition) is 5. The third-order valence-electron chi connectivity index (χ3n) is 3.91. The highest BCUT2D eigenvalue weighted by Gasteiger charge is 2.09. The van der Waals surface area contributed by atoms with Crippen LogP contribution in [-0.2, 0) is 16.1 Å². The van der Waals surface area contributed by atoms with Gasteiger partial charge >= 0.3 is 5.97 Å². The number of amides is 1. The summed E-state index contributed by atoms with van der Waals surface area (Å²) in [6.07, 6.45) is 2.00. The first kappa shape index (κ1) is 20.3. The number of hydrogen-bond donors (Lipinski definition) is 2. The Balaban J connectivity index is 2.13. The van der Waals surface area contributed by atoms with E-state index in [1.165, 1.54) is 14.0 Å². The molecule has 0 aliphatic heterocycles. The molecule has 0 saturated carbocycles. The normalized spacial score (nSPS) is 10.2. The molecular formula is C21H26N2O4. The SMILES string of the molecule is CCCCOc1cc(NC(C)=O)ccc1CNc1cccc(C(=O)OC)c1. The van der Waals surface area contributed by atoms with E-state index in [2.05, 4.69) is 17.6 Å². The average molecular weight is 370 g/mol. The fourth-order valence-corrected chi connectivity index (χ4v) is 2.51. The van der Waals surface area contributed by atoms with Crippen molar-refractivity contribution in [2.24, 2.45) is 0 Å². The summed E-state index contributed by atoms with van der Waals surface area (Å²) >= 11 is 0. The first-order chi connectivity index (χ1) is 13.0. The Kier molecular flexibility index (Phi) is 7.67. The Morgan fingerprint density at radius 2 is 1.89 bits per heavy atom. The van der Waals surface area contributed by atoms with E-state index in [-0.39, 0.29) is 11.9 Å². The van der Waals surface area contributed by atoms with E-state index in [1.54, 1.807) is 18.2 Å². The van der Waals surface area contributed by atoms with E-state index in [0.717, 1.165) is 29.8 Å². The zero-order valence-corrected chi connectivity index (χ0v) is 16.0. The third kappa shape index (κ3) is 6.33. The predicted molar refractivity (Wildman–Crippen MR) is 106 cm³/mol. The molecule has 0 saturated heterocycles. The molecule has 0 fully saturated rings. The Labute approximate surface area is 159 Å². The number of methoxy groups -OCH3 is 1. The van der Waals surface area contributed by atoms with Gasteiger partial charge in [0.15, 0.2) is 0 Å². The summed E-state index contributed by atoms with van der Waals surface area (Å²) in [5, 5.41) is 6.07. The van der Waals surface area contributed by atoms with Gasteiger partial charge in [0.2, 0.25) is 5.91 Å². The molecule has 0 bridgehead atoms. The van der Waals surface area contributed by atoms with E-state index < -0.39 is 0 Å². The van der Waals surface area contributed by atoms with E-state index in [0.29, 0.717) is 24.4 Å². The highest BCUT2D eigenvalue weighted by molar-refractivity contribution is 5.90. The van der Waals surface area contributed by atoms with Gasteiger partial charge in [-0.25, -0.2) is 4.79 Å². The van der Waals surface area contributed by atoms with Crippen molar-refractivity contribution in [3.8, 4) is 5.75 Å². The van der Waals surface area contributed by atoms with Gasteiger partial charge in [-0.1, -0.05) is 25.5 Å². The molecule has 2 aromatic rings. The lowest BCUT2D eigenvalue weighted by Gasteiger charge is -2.15. The van der Waals surface area contributed by atoms with Gasteiger partial charge in [0.05, 0.1) is 19.3 Å². The molecule has 0 aliphatic carbocycles. The zero-order chi connectivity index (χ0) is 19.6. The van der Waals surface area contributed by atoms with Crippen LogP contribution in [0.2, 0.25) is 0 Å². The van der Waals surface area contributed by atoms with Crippen LogP contribution in [0, 0.1) is 0 Å². The number of unbranched alkanes of at least 4 members (excludes halogenated alkanes) is 1. The molecule has 0 radical (unpaired) electrons. The fourth-order valence-electron chi connectivity index (χ4n) is 2.51. The van der Waals surface area contributed by atoms with Crippen molar-refractivity contribution in [2.75, 3.05) is 24.4 Å². The number of carbonyl (C=O) groups excluding carboxylic acids is 2. The Morgan fingerprint density at radius 1 is 1.07 bits per heavy atom. The van der Waals surface area contributed by atoms with Gasteiger partial charge in [0.25, 0.3) is 0 Å². The maximum absolute atomic E-state index is 11.7. The topological polar surface area (TPSA) is 76.7 Å². The highest BCUT2D eigenvalue weighted by atomic mass is 16.5. The molecule has 144 valence electrons. The van der Waals surface area contributed by atoms with Crippen LogP contribution in [0.5, 0.6) is 5.75 Å². The maximum atomic E-state index is 11.7. The van der Waals surface area contributed by atoms with Gasteiger partial charge in [0, 0.05) is 36.5 Å². The van der Waals surface area contributed by atoms with Crippen LogP contribution in [0.4, 0.5) is 11.4 Å². The van der Waals surface area contributed by atoms with Crippen LogP contribution in [0.1, 0.15) is 42.6 Å². The van der Waals surface area contributed by atoms with Crippen molar-refractivity contribution in [1.29, 1.82) is 0 Å². The molecule has 0 heterocycles. The predicted octanol–water partition coefficient (Wildman–Crippen LogP) is 4.22. The van der Waals surface area contributed by atoms with Crippen molar-refractivity contribution in [2.45, 2.75) is 33.2 Å². The minimum Gasteiger partial charge on any atom is -0.493 e. The second kappa shape index (κ2) is 10.2. The molecule has 2 N–H and O–H groups in total. The van der Waals surface area contributed by atoms with Gasteiger partial charge in [-0.3, -0.25) is 4.79 Å². The molecule has 6 heteroatoms. The first-order valence-corrected chi connectivity index (χ1v) is 8.99. The van der Waals surface area contributed by atoms with Gasteiger partial charge < -0.3 is 20.1 Å². The number of anilines is 2. The van der Waals surface area contributed by atoms with Crippen molar-refractivity contribution in [3.63, 3.8) is 0 Å². The second-order valence-corrected chi connectivity index (χ2v) is 6.13. The van der Waals surface area contributed by atoms with Crippen LogP contribution in [0.25, 0.3) is 0 Å². The van der Waals surface area contributed by atoms with Crippen LogP contribution in [0.3, 0.4) is 0 Å². The maximum Gasteiger partial charge on any atom is 0.337 e. The molecule has 27 heavy (non-hydrogen) atoms. The quantitative estimate of drug-likeness (QED) is 0.510. The molecule has 2 rings (SSSR count). The van der Waals surface area contributed by atoms with Crippen LogP contribution < -0.4 is 15.4 Å². The third-order valence-corrected chi connectivity index (χ3v) is 3.91. The fraction of sp³-hybridized carbons (Fsp3) is 0.333. The number of rotatable bonds is 9. The van der Waals surface area contributed by atoms with Crippen LogP contribution in [-0.4, -0.2) is 25.6 Å². The molecule has 0 aromatic heterocycles. The second-order valence-electron chi connectivity index (χ2n) is 6.13. The lowest BCUT2D eigenvalue weighted by atomic mass is 10.1. The van der Waals surface area contributed by atoms with Crippen molar-refractivity contribution >= 4 is 23.3 Å². The summed E-state index contributed by atoms with van der Waals surface area (Å²) < 4.78 is 10.7. The Morgan fingerprint density at radius 3 is 2.59 bits per heavy atom. The molecular weight excluding hydrogens is 344 g/mol. The lowest BCUT2D eigenvalue weighted by molar-refractivity contribution is -0.114. The largest absolute Gasteiger partial charge is 0.493 e. The molecule has 0 aliphatic rings. The number of benzene rings is 2. The molecule has 1 amide bonds. The summed E-state index contributed by atoms with van der Waals surface area (Å²) in [4.78, 5) is 23.0. The van der Waals surface area contributed by atoms with Crippen molar-refractivity contribution in [3.05, 3.63) is 53.6 Å². The Hall–Kier alpha value is -3.02. The van der Waals surface area contributed by atoms with Crippen LogP contribution >= 0.6 is 0 Å². The van der Waals surface area contributed by atoms with E-state index >= 15 is 0 Å². The summed E-state index contributed by atoms with van der Waals surface area (Å²) in [6.45, 7) is 4.71. The summed E-state index contributed by atoms with van der Waals surface area (Å²) in [5.41, 5.74) is 2.96. The van der Waals surface area contributed by atoms with Gasteiger partial charge in [-0.15, -0.1) is 0 Å². The molecule has 0 unspecified atom stereocenters. The van der Waals surface area contributed by atoms with Gasteiger partial charge in [-0.2, -0.15) is 0 Å². The summed E-state index contributed by atoms with van der Waals surface area (Å²) in [5.74, 6) is 0.230. The van der Waals surface area contributed by atoms with Crippen molar-refractivity contribution < 1.29 is 19.1 Å². The van der Waals surface area contributed by atoms with Gasteiger partial charge in [0.1, 0.15) is 5.75 Å². The minimum atomic E-state index is -0.373. The van der Waals surface area contributed by atoms with Gasteiger partial charge in [-0.05, 0) is 30.7 Å². The molecule has 6 nitrogen and oxygen atoms in total. The molecule has 0 spiro atoms. The van der Waals surface area contributed by atoms with Crippen LogP contribution in [0.15, 0.2) is 42.5 Å². The van der Waals surface area contributed by atoms with E-state index in [1.807, 2.05) is 24.3 Å². The highest BCUT2D eigenvalue weighted by Crippen LogP contribution is 2.25. The minimum absolute atomic E-state index is 0.125. The summed E-state index contributed by atoms with van der Waals surface area (Å²) in [6, 6.07) is 12.7. The zero-order valence-electron chi connectivity index (χ0n) is 16.0.